The average Bonchev–Trinajstić information content (AvgIpc) is 3.06. The molecular weight excluding hydrogens is 357 g/mol. The van der Waals surface area contributed by atoms with E-state index in [1.807, 2.05) is 26.0 Å². The molecule has 1 aromatic carbocycles. The topological polar surface area (TPSA) is 112 Å². The second kappa shape index (κ2) is 7.76. The highest BCUT2D eigenvalue weighted by Gasteiger charge is 2.29. The maximum atomic E-state index is 9.90. The fraction of sp³-hybridized carbons (Fsp3) is 0.421. The molecule has 1 saturated heterocycles. The Morgan fingerprint density at radius 3 is 3.00 bits per heavy atom. The first kappa shape index (κ1) is 18.7. The first-order chi connectivity index (χ1) is 13.5. The number of rotatable bonds is 4. The minimum atomic E-state index is -0.860. The molecule has 0 aliphatic carbocycles. The number of nitrogens with one attached hydrogen (secondary N) is 2. The van der Waals surface area contributed by atoms with Gasteiger partial charge in [0.25, 0.3) is 0 Å². The first-order valence-corrected chi connectivity index (χ1v) is 9.33. The highest BCUT2D eigenvalue weighted by atomic mass is 16.5. The zero-order valence-corrected chi connectivity index (χ0v) is 15.9. The van der Waals surface area contributed by atoms with Crippen molar-refractivity contribution in [1.29, 1.82) is 5.26 Å². The minimum absolute atomic E-state index is 0.0962. The van der Waals surface area contributed by atoms with Crippen molar-refractivity contribution in [1.82, 2.24) is 9.97 Å². The van der Waals surface area contributed by atoms with Gasteiger partial charge in [0, 0.05) is 24.1 Å². The number of aryl methyl sites for hydroxylation is 2. The van der Waals surface area contributed by atoms with Gasteiger partial charge in [0.1, 0.15) is 5.82 Å². The number of hydrogen-bond acceptors (Lipinski definition) is 8. The van der Waals surface area contributed by atoms with Gasteiger partial charge in [-0.15, -0.1) is 0 Å². The lowest BCUT2D eigenvalue weighted by atomic mass is 9.76. The Hall–Kier alpha value is -2.67. The van der Waals surface area contributed by atoms with Crippen LogP contribution in [0.25, 0.3) is 0 Å². The van der Waals surface area contributed by atoms with E-state index in [0.717, 1.165) is 27.8 Å². The molecule has 1 aromatic heterocycles. The van der Waals surface area contributed by atoms with E-state index in [2.05, 4.69) is 26.7 Å². The predicted octanol–water partition coefficient (Wildman–Crippen LogP) is 1.40. The van der Waals surface area contributed by atoms with Crippen LogP contribution in [0.2, 0.25) is 0 Å². The summed E-state index contributed by atoms with van der Waals surface area (Å²) in [6, 6.07) is 6.13. The van der Waals surface area contributed by atoms with Gasteiger partial charge in [0.05, 0.1) is 31.2 Å². The molecule has 0 amide bonds. The van der Waals surface area contributed by atoms with E-state index in [-0.39, 0.29) is 12.0 Å². The van der Waals surface area contributed by atoms with Crippen molar-refractivity contribution < 1.29 is 14.4 Å². The highest BCUT2D eigenvalue weighted by Crippen LogP contribution is 2.24. The van der Waals surface area contributed by atoms with E-state index in [4.69, 9.17) is 9.39 Å². The molecular formula is C19H22BN5O3. The molecule has 2 aliphatic rings. The molecule has 9 heteroatoms. The van der Waals surface area contributed by atoms with E-state index < -0.39 is 7.12 Å². The van der Waals surface area contributed by atoms with Crippen molar-refractivity contribution in [3.05, 3.63) is 35.0 Å². The van der Waals surface area contributed by atoms with Gasteiger partial charge >= 0.3 is 7.12 Å². The van der Waals surface area contributed by atoms with Crippen LogP contribution in [0.15, 0.2) is 18.3 Å². The van der Waals surface area contributed by atoms with Crippen LogP contribution >= 0.6 is 0 Å². The number of hydrogen-bond donors (Lipinski definition) is 3. The lowest BCUT2D eigenvalue weighted by molar-refractivity contribution is 0.0698. The Labute approximate surface area is 164 Å². The number of benzene rings is 1. The first-order valence-electron chi connectivity index (χ1n) is 9.33. The maximum absolute atomic E-state index is 9.90. The Morgan fingerprint density at radius 1 is 1.32 bits per heavy atom. The van der Waals surface area contributed by atoms with Gasteiger partial charge in [-0.05, 0) is 49.0 Å². The van der Waals surface area contributed by atoms with Crippen LogP contribution in [-0.2, 0) is 16.0 Å². The Bertz CT molecular complexity index is 933. The van der Waals surface area contributed by atoms with Crippen molar-refractivity contribution in [2.45, 2.75) is 32.9 Å². The van der Waals surface area contributed by atoms with Crippen molar-refractivity contribution in [2.75, 3.05) is 23.8 Å². The molecule has 0 radical (unpaired) electrons. The van der Waals surface area contributed by atoms with Gasteiger partial charge in [0.15, 0.2) is 0 Å². The summed E-state index contributed by atoms with van der Waals surface area (Å²) in [5, 5.41) is 25.8. The number of nitriles is 1. The van der Waals surface area contributed by atoms with Gasteiger partial charge in [-0.1, -0.05) is 0 Å². The molecule has 0 bridgehead atoms. The Morgan fingerprint density at radius 2 is 2.18 bits per heavy atom. The zero-order valence-electron chi connectivity index (χ0n) is 15.9. The summed E-state index contributed by atoms with van der Waals surface area (Å²) in [5.74, 6) is 1.03. The Balaban J connectivity index is 1.55. The molecule has 0 saturated carbocycles. The fourth-order valence-corrected chi connectivity index (χ4v) is 3.66. The van der Waals surface area contributed by atoms with Crippen molar-refractivity contribution >= 4 is 30.0 Å². The third-order valence-corrected chi connectivity index (χ3v) is 5.19. The Kier molecular flexibility index (Phi) is 5.18. The van der Waals surface area contributed by atoms with E-state index in [1.54, 1.807) is 6.20 Å². The van der Waals surface area contributed by atoms with Gasteiger partial charge in [-0.2, -0.15) is 10.2 Å². The smallest absolute Gasteiger partial charge is 0.423 e. The molecule has 3 N–H and O–H groups in total. The maximum Gasteiger partial charge on any atom is 0.492 e. The normalized spacial score (nSPS) is 21.1. The number of fused-ring (bicyclic) bond motifs is 1. The molecule has 0 spiro atoms. The summed E-state index contributed by atoms with van der Waals surface area (Å²) in [6.07, 6.45) is 2.46. The van der Waals surface area contributed by atoms with Crippen molar-refractivity contribution in [3.8, 4) is 6.07 Å². The van der Waals surface area contributed by atoms with Crippen LogP contribution in [0.3, 0.4) is 0 Å². The van der Waals surface area contributed by atoms with Crippen LogP contribution in [0, 0.1) is 31.1 Å². The van der Waals surface area contributed by atoms with Crippen LogP contribution in [0.4, 0.5) is 17.5 Å². The fourth-order valence-electron chi connectivity index (χ4n) is 3.66. The van der Waals surface area contributed by atoms with E-state index >= 15 is 0 Å². The van der Waals surface area contributed by atoms with Crippen LogP contribution in [0.1, 0.15) is 23.1 Å². The lowest BCUT2D eigenvalue weighted by Gasteiger charge is -2.28. The monoisotopic (exact) mass is 379 g/mol. The molecule has 8 nitrogen and oxygen atoms in total. The van der Waals surface area contributed by atoms with Gasteiger partial charge < -0.3 is 25.0 Å². The van der Waals surface area contributed by atoms with E-state index in [0.29, 0.717) is 38.0 Å². The molecule has 1 unspecified atom stereocenters. The van der Waals surface area contributed by atoms with Crippen LogP contribution in [-0.4, -0.2) is 41.4 Å². The van der Waals surface area contributed by atoms with Crippen LogP contribution < -0.4 is 16.1 Å². The summed E-state index contributed by atoms with van der Waals surface area (Å²) < 4.78 is 10.8. The molecule has 3 heterocycles. The summed E-state index contributed by atoms with van der Waals surface area (Å²) in [6.45, 7) is 5.34. The van der Waals surface area contributed by atoms with Crippen molar-refractivity contribution in [2.24, 2.45) is 5.92 Å². The minimum Gasteiger partial charge on any atom is -0.423 e. The van der Waals surface area contributed by atoms with Gasteiger partial charge in [0.2, 0.25) is 5.95 Å². The summed E-state index contributed by atoms with van der Waals surface area (Å²) in [4.78, 5) is 8.96. The highest BCUT2D eigenvalue weighted by molar-refractivity contribution is 6.62. The standard InChI is InChI=1S/C19H22BN5O3/c1-11-5-15(6-14-9-28-20(26)17(11)14)23-19-22-8-12(2)18(25-19)24-16-10-27-4-3-13(16)7-21/h5-6,8,13,16,26H,3-4,9-10H2,1-2H3,(H2,22,23,24,25)/t13?,16-/m0/s1. The van der Waals surface area contributed by atoms with E-state index in [1.165, 1.54) is 0 Å². The molecule has 1 fully saturated rings. The molecule has 28 heavy (non-hydrogen) atoms. The second-order valence-electron chi connectivity index (χ2n) is 7.23. The molecule has 4 rings (SSSR count). The van der Waals surface area contributed by atoms with Gasteiger partial charge in [-0.3, -0.25) is 0 Å². The number of ether oxygens (including phenoxy) is 1. The quantitative estimate of drug-likeness (QED) is 0.684. The lowest BCUT2D eigenvalue weighted by Crippen LogP contribution is -2.38. The van der Waals surface area contributed by atoms with Crippen LogP contribution in [0.5, 0.6) is 0 Å². The largest absolute Gasteiger partial charge is 0.492 e. The molecule has 144 valence electrons. The second-order valence-corrected chi connectivity index (χ2v) is 7.23. The van der Waals surface area contributed by atoms with Gasteiger partial charge in [-0.25, -0.2) is 4.98 Å². The molecule has 2 aliphatic heterocycles. The number of aromatic nitrogens is 2. The summed E-state index contributed by atoms with van der Waals surface area (Å²) in [5.41, 5.74) is 4.47. The third kappa shape index (κ3) is 3.67. The molecule has 2 aromatic rings. The third-order valence-electron chi connectivity index (χ3n) is 5.19. The number of anilines is 3. The SMILES string of the molecule is Cc1cnc(Nc2cc(C)c3c(c2)COB3O)nc1N[C@H]1COCCC1C#N. The zero-order chi connectivity index (χ0) is 19.7. The predicted molar refractivity (Wildman–Crippen MR) is 106 cm³/mol. The molecule has 2 atom stereocenters. The summed E-state index contributed by atoms with van der Waals surface area (Å²) >= 11 is 0. The number of nitrogens with zero attached hydrogens (tertiary/aromatic N) is 3. The average molecular weight is 379 g/mol. The van der Waals surface area contributed by atoms with Crippen molar-refractivity contribution in [3.63, 3.8) is 0 Å². The summed E-state index contributed by atoms with van der Waals surface area (Å²) in [7, 11) is -0.860. The van der Waals surface area contributed by atoms with E-state index in [9.17, 15) is 10.3 Å².